The fourth-order valence-electron chi connectivity index (χ4n) is 2.17. The molecule has 8 heteroatoms. The van der Waals surface area contributed by atoms with E-state index in [2.05, 4.69) is 5.32 Å². The van der Waals surface area contributed by atoms with Crippen molar-refractivity contribution in [3.05, 3.63) is 62.3 Å². The smallest absolute Gasteiger partial charge is 0.270 e. The molecule has 0 fully saturated rings. The molecular formula is C16H17N3O4S. The van der Waals surface area contributed by atoms with Gasteiger partial charge in [0.1, 0.15) is 6.04 Å². The monoisotopic (exact) mass is 347 g/mol. The van der Waals surface area contributed by atoms with Gasteiger partial charge in [0.05, 0.1) is 4.92 Å². The van der Waals surface area contributed by atoms with Gasteiger partial charge in [-0.15, -0.1) is 0 Å². The van der Waals surface area contributed by atoms with Crippen LogP contribution in [0.15, 0.2) is 41.1 Å². The number of nitrogens with one attached hydrogen (secondary N) is 1. The van der Waals surface area contributed by atoms with E-state index in [0.29, 0.717) is 6.54 Å². The number of carbonyl (C=O) groups is 2. The molecule has 1 heterocycles. The van der Waals surface area contributed by atoms with Gasteiger partial charge >= 0.3 is 0 Å². The lowest BCUT2D eigenvalue weighted by Gasteiger charge is -2.21. The Bertz CT molecular complexity index is 746. The summed E-state index contributed by atoms with van der Waals surface area (Å²) < 4.78 is 0. The van der Waals surface area contributed by atoms with E-state index in [1.165, 1.54) is 29.2 Å². The Kier molecular flexibility index (Phi) is 5.64. The molecule has 0 bridgehead atoms. The molecule has 0 aliphatic carbocycles. The Hall–Kier alpha value is -2.74. The predicted molar refractivity (Wildman–Crippen MR) is 90.8 cm³/mol. The maximum atomic E-state index is 12.3. The number of hydrogen-bond donors (Lipinski definition) is 1. The van der Waals surface area contributed by atoms with Crippen LogP contribution in [0.25, 0.3) is 0 Å². The number of non-ortho nitro benzene ring substituents is 1. The van der Waals surface area contributed by atoms with Crippen molar-refractivity contribution >= 4 is 28.8 Å². The van der Waals surface area contributed by atoms with Crippen LogP contribution in [0.1, 0.15) is 22.8 Å². The minimum atomic E-state index is -0.736. The summed E-state index contributed by atoms with van der Waals surface area (Å²) in [5.41, 5.74) is 0.994. The van der Waals surface area contributed by atoms with Crippen LogP contribution < -0.4 is 5.32 Å². The van der Waals surface area contributed by atoms with Gasteiger partial charge < -0.3 is 10.2 Å². The summed E-state index contributed by atoms with van der Waals surface area (Å²) >= 11 is 1.55. The average Bonchev–Trinajstić information content (AvgIpc) is 3.06. The molecule has 7 nitrogen and oxygen atoms in total. The summed E-state index contributed by atoms with van der Waals surface area (Å²) in [5.74, 6) is -0.761. The first-order valence-electron chi connectivity index (χ1n) is 7.20. The molecular weight excluding hydrogens is 330 g/mol. The standard InChI is InChI=1S/C16H17N3O4S/c1-11(16(21)18(2)9-12-6-7-24-10-12)17-15(20)13-4-3-5-14(8-13)19(22)23/h3-8,10-11H,9H2,1-2H3,(H,17,20)/t11-/m0/s1. The molecule has 0 saturated heterocycles. The summed E-state index contributed by atoms with van der Waals surface area (Å²) in [6, 6.07) is 6.58. The second-order valence-electron chi connectivity index (χ2n) is 5.33. The highest BCUT2D eigenvalue weighted by Gasteiger charge is 2.21. The number of carbonyl (C=O) groups excluding carboxylic acids is 2. The average molecular weight is 347 g/mol. The van der Waals surface area contributed by atoms with E-state index >= 15 is 0 Å². The van der Waals surface area contributed by atoms with Gasteiger partial charge in [-0.05, 0) is 35.4 Å². The van der Waals surface area contributed by atoms with Gasteiger partial charge in [-0.2, -0.15) is 11.3 Å². The predicted octanol–water partition coefficient (Wildman–Crippen LogP) is 2.43. The normalized spacial score (nSPS) is 11.6. The Balaban J connectivity index is 1.98. The molecule has 1 aromatic carbocycles. The first-order chi connectivity index (χ1) is 11.4. The lowest BCUT2D eigenvalue weighted by molar-refractivity contribution is -0.384. The molecule has 2 aromatic rings. The van der Waals surface area contributed by atoms with Gasteiger partial charge in [-0.3, -0.25) is 19.7 Å². The molecule has 1 aromatic heterocycles. The molecule has 0 aliphatic rings. The van der Waals surface area contributed by atoms with Crippen molar-refractivity contribution in [1.29, 1.82) is 0 Å². The number of amides is 2. The minimum absolute atomic E-state index is 0.143. The van der Waals surface area contributed by atoms with Crippen molar-refractivity contribution in [3.63, 3.8) is 0 Å². The van der Waals surface area contributed by atoms with Crippen LogP contribution in [-0.4, -0.2) is 34.7 Å². The van der Waals surface area contributed by atoms with Gasteiger partial charge in [0, 0.05) is 31.3 Å². The highest BCUT2D eigenvalue weighted by atomic mass is 32.1. The van der Waals surface area contributed by atoms with Crippen LogP contribution in [0.2, 0.25) is 0 Å². The van der Waals surface area contributed by atoms with Gasteiger partial charge in [0.25, 0.3) is 11.6 Å². The quantitative estimate of drug-likeness (QED) is 0.641. The van der Waals surface area contributed by atoms with Crippen LogP contribution in [0.4, 0.5) is 5.69 Å². The lowest BCUT2D eigenvalue weighted by Crippen LogP contribution is -2.45. The molecule has 2 amide bonds. The summed E-state index contributed by atoms with van der Waals surface area (Å²) in [6.07, 6.45) is 0. The Morgan fingerprint density at radius 3 is 2.75 bits per heavy atom. The molecule has 0 unspecified atom stereocenters. The van der Waals surface area contributed by atoms with Gasteiger partial charge in [-0.25, -0.2) is 0 Å². The van der Waals surface area contributed by atoms with Crippen molar-refractivity contribution in [1.82, 2.24) is 10.2 Å². The molecule has 0 radical (unpaired) electrons. The Morgan fingerprint density at radius 2 is 2.12 bits per heavy atom. The topological polar surface area (TPSA) is 92.5 Å². The Labute approximate surface area is 143 Å². The lowest BCUT2D eigenvalue weighted by atomic mass is 10.1. The number of benzene rings is 1. The van der Waals surface area contributed by atoms with Crippen molar-refractivity contribution < 1.29 is 14.5 Å². The number of nitro groups is 1. The SMILES string of the molecule is C[C@H](NC(=O)c1cccc([N+](=O)[O-])c1)C(=O)N(C)Cc1ccsc1. The second-order valence-corrected chi connectivity index (χ2v) is 6.11. The molecule has 126 valence electrons. The van der Waals surface area contributed by atoms with Crippen molar-refractivity contribution in [2.45, 2.75) is 19.5 Å². The van der Waals surface area contributed by atoms with E-state index in [-0.39, 0.29) is 17.2 Å². The third-order valence-corrected chi connectivity index (χ3v) is 4.15. The van der Waals surface area contributed by atoms with E-state index in [1.54, 1.807) is 25.3 Å². The van der Waals surface area contributed by atoms with Gasteiger partial charge in [0.15, 0.2) is 0 Å². The zero-order valence-electron chi connectivity index (χ0n) is 13.3. The summed E-state index contributed by atoms with van der Waals surface area (Å²) in [5, 5.41) is 17.2. The first kappa shape index (κ1) is 17.6. The molecule has 0 saturated carbocycles. The molecule has 24 heavy (non-hydrogen) atoms. The van der Waals surface area contributed by atoms with Crippen LogP contribution in [-0.2, 0) is 11.3 Å². The van der Waals surface area contributed by atoms with E-state index in [9.17, 15) is 19.7 Å². The van der Waals surface area contributed by atoms with Crippen LogP contribution in [0.3, 0.4) is 0 Å². The first-order valence-corrected chi connectivity index (χ1v) is 8.14. The van der Waals surface area contributed by atoms with Gasteiger partial charge in [-0.1, -0.05) is 6.07 Å². The largest absolute Gasteiger partial charge is 0.341 e. The summed E-state index contributed by atoms with van der Waals surface area (Å²) in [7, 11) is 1.66. The molecule has 0 aliphatic heterocycles. The summed E-state index contributed by atoms with van der Waals surface area (Å²) in [4.78, 5) is 36.2. The Morgan fingerprint density at radius 1 is 1.38 bits per heavy atom. The van der Waals surface area contributed by atoms with Crippen LogP contribution in [0.5, 0.6) is 0 Å². The third-order valence-electron chi connectivity index (χ3n) is 3.41. The molecule has 1 atom stereocenters. The van der Waals surface area contributed by atoms with Crippen LogP contribution in [0, 0.1) is 10.1 Å². The fraction of sp³-hybridized carbons (Fsp3) is 0.250. The fourth-order valence-corrected chi connectivity index (χ4v) is 2.83. The molecule has 0 spiro atoms. The van der Waals surface area contributed by atoms with Gasteiger partial charge in [0.2, 0.25) is 5.91 Å². The second kappa shape index (κ2) is 7.69. The van der Waals surface area contributed by atoms with Crippen molar-refractivity contribution in [3.8, 4) is 0 Å². The number of nitro benzene ring substituents is 1. The summed E-state index contributed by atoms with van der Waals surface area (Å²) in [6.45, 7) is 2.04. The zero-order chi connectivity index (χ0) is 17.7. The molecule has 2 rings (SSSR count). The highest BCUT2D eigenvalue weighted by molar-refractivity contribution is 7.07. The minimum Gasteiger partial charge on any atom is -0.341 e. The van der Waals surface area contributed by atoms with E-state index < -0.39 is 16.9 Å². The van der Waals surface area contributed by atoms with Crippen molar-refractivity contribution in [2.75, 3.05) is 7.05 Å². The number of nitrogens with zero attached hydrogens (tertiary/aromatic N) is 2. The van der Waals surface area contributed by atoms with E-state index in [1.807, 2.05) is 16.8 Å². The maximum Gasteiger partial charge on any atom is 0.270 e. The third kappa shape index (κ3) is 4.39. The number of hydrogen-bond acceptors (Lipinski definition) is 5. The molecule has 1 N–H and O–H groups in total. The maximum absolute atomic E-state index is 12.3. The number of thiophene rings is 1. The number of likely N-dealkylation sites (N-methyl/N-ethyl adjacent to an activating group) is 1. The zero-order valence-corrected chi connectivity index (χ0v) is 14.1. The van der Waals surface area contributed by atoms with E-state index in [0.717, 1.165) is 5.56 Å². The highest BCUT2D eigenvalue weighted by Crippen LogP contribution is 2.13. The number of rotatable bonds is 6. The van der Waals surface area contributed by atoms with Crippen LogP contribution >= 0.6 is 11.3 Å². The van der Waals surface area contributed by atoms with Crippen molar-refractivity contribution in [2.24, 2.45) is 0 Å². The van der Waals surface area contributed by atoms with E-state index in [4.69, 9.17) is 0 Å².